The van der Waals surface area contributed by atoms with Crippen molar-refractivity contribution in [3.63, 3.8) is 0 Å². The van der Waals surface area contributed by atoms with Crippen LogP contribution in [0.15, 0.2) is 12.1 Å². The molecule has 0 spiro atoms. The summed E-state index contributed by atoms with van der Waals surface area (Å²) in [7, 11) is 0. The summed E-state index contributed by atoms with van der Waals surface area (Å²) in [5, 5.41) is 12.3. The Hall–Kier alpha value is -1.82. The van der Waals surface area contributed by atoms with Crippen LogP contribution in [-0.2, 0) is 17.7 Å². The molecule has 0 aromatic heterocycles. The Kier molecular flexibility index (Phi) is 3.48. The van der Waals surface area contributed by atoms with Gasteiger partial charge in [-0.2, -0.15) is 0 Å². The van der Waals surface area contributed by atoms with Crippen molar-refractivity contribution < 1.29 is 19.0 Å². The number of nitrogens with one attached hydrogen (secondary N) is 1. The zero-order chi connectivity index (χ0) is 14.1. The topological polar surface area (TPSA) is 61.8 Å². The minimum absolute atomic E-state index is 0.0937. The number of anilines is 1. The van der Waals surface area contributed by atoms with Crippen LogP contribution in [0.4, 0.5) is 14.9 Å². The van der Waals surface area contributed by atoms with Gasteiger partial charge in [-0.05, 0) is 24.5 Å². The second kappa shape index (κ2) is 5.28. The van der Waals surface area contributed by atoms with Crippen LogP contribution in [-0.4, -0.2) is 41.9 Å². The van der Waals surface area contributed by atoms with Crippen LogP contribution in [0.1, 0.15) is 17.5 Å². The predicted molar refractivity (Wildman–Crippen MR) is 71.4 cm³/mol. The third-order valence-corrected chi connectivity index (χ3v) is 3.91. The van der Waals surface area contributed by atoms with Gasteiger partial charge in [0.2, 0.25) is 0 Å². The standard InChI is InChI=1S/C14H17FN2O3/c15-12-2-1-9-3-5-17(14(18)19)7-11(9)13(12)16-10-4-6-20-8-10/h1-2,10,16H,3-8H2,(H,18,19). The average Bonchev–Trinajstić information content (AvgIpc) is 2.94. The van der Waals surface area contributed by atoms with Gasteiger partial charge in [-0.3, -0.25) is 0 Å². The maximum Gasteiger partial charge on any atom is 0.407 e. The number of benzene rings is 1. The second-order valence-electron chi connectivity index (χ2n) is 5.22. The second-order valence-corrected chi connectivity index (χ2v) is 5.22. The number of hydrogen-bond donors (Lipinski definition) is 2. The molecule has 0 radical (unpaired) electrons. The summed E-state index contributed by atoms with van der Waals surface area (Å²) in [5.74, 6) is -0.331. The number of ether oxygens (including phenoxy) is 1. The zero-order valence-electron chi connectivity index (χ0n) is 11.1. The fourth-order valence-electron chi connectivity index (χ4n) is 2.77. The van der Waals surface area contributed by atoms with Crippen molar-refractivity contribution in [2.45, 2.75) is 25.4 Å². The highest BCUT2D eigenvalue weighted by molar-refractivity contribution is 5.67. The van der Waals surface area contributed by atoms with Gasteiger partial charge in [-0.15, -0.1) is 0 Å². The Morgan fingerprint density at radius 1 is 1.50 bits per heavy atom. The normalized spacial score (nSPS) is 21.6. The van der Waals surface area contributed by atoms with Gasteiger partial charge in [-0.1, -0.05) is 6.07 Å². The molecule has 3 rings (SSSR count). The Morgan fingerprint density at radius 3 is 3.05 bits per heavy atom. The number of rotatable bonds is 2. The van der Waals surface area contributed by atoms with Crippen LogP contribution < -0.4 is 5.32 Å². The summed E-state index contributed by atoms with van der Waals surface area (Å²) in [4.78, 5) is 12.4. The molecular formula is C14H17FN2O3. The van der Waals surface area contributed by atoms with E-state index in [-0.39, 0.29) is 18.4 Å². The van der Waals surface area contributed by atoms with Crippen molar-refractivity contribution in [1.29, 1.82) is 0 Å². The predicted octanol–water partition coefficient (Wildman–Crippen LogP) is 2.06. The lowest BCUT2D eigenvalue weighted by Gasteiger charge is -2.29. The van der Waals surface area contributed by atoms with Gasteiger partial charge in [0.1, 0.15) is 5.82 Å². The smallest absolute Gasteiger partial charge is 0.407 e. The lowest BCUT2D eigenvalue weighted by atomic mass is 9.97. The first kappa shape index (κ1) is 13.2. The number of halogens is 1. The minimum atomic E-state index is -0.963. The van der Waals surface area contributed by atoms with Gasteiger partial charge >= 0.3 is 6.09 Å². The van der Waals surface area contributed by atoms with Gasteiger partial charge < -0.3 is 20.1 Å². The maximum atomic E-state index is 14.1. The first-order valence-corrected chi connectivity index (χ1v) is 6.77. The van der Waals surface area contributed by atoms with E-state index < -0.39 is 6.09 Å². The van der Waals surface area contributed by atoms with E-state index >= 15 is 0 Å². The molecule has 6 heteroatoms. The van der Waals surface area contributed by atoms with Crippen molar-refractivity contribution in [2.24, 2.45) is 0 Å². The number of carboxylic acid groups (broad SMARTS) is 1. The average molecular weight is 280 g/mol. The molecule has 20 heavy (non-hydrogen) atoms. The van der Waals surface area contributed by atoms with E-state index in [0.29, 0.717) is 31.9 Å². The summed E-state index contributed by atoms with van der Waals surface area (Å²) < 4.78 is 19.4. The quantitative estimate of drug-likeness (QED) is 0.870. The molecule has 0 aliphatic carbocycles. The third kappa shape index (κ3) is 2.43. The van der Waals surface area contributed by atoms with Gasteiger partial charge in [0, 0.05) is 18.7 Å². The summed E-state index contributed by atoms with van der Waals surface area (Å²) in [6.45, 7) is 1.93. The maximum absolute atomic E-state index is 14.1. The highest BCUT2D eigenvalue weighted by Crippen LogP contribution is 2.30. The van der Waals surface area contributed by atoms with Gasteiger partial charge in [0.05, 0.1) is 24.9 Å². The molecule has 0 saturated carbocycles. The molecule has 1 atom stereocenters. The number of hydrogen-bond acceptors (Lipinski definition) is 3. The lowest BCUT2D eigenvalue weighted by molar-refractivity contribution is 0.140. The molecule has 1 aromatic carbocycles. The van der Waals surface area contributed by atoms with Crippen LogP contribution in [0, 0.1) is 5.82 Å². The fourth-order valence-corrected chi connectivity index (χ4v) is 2.77. The molecule has 0 bridgehead atoms. The minimum Gasteiger partial charge on any atom is -0.465 e. The summed E-state index contributed by atoms with van der Waals surface area (Å²) in [6, 6.07) is 3.30. The molecule has 2 aliphatic heterocycles. The highest BCUT2D eigenvalue weighted by Gasteiger charge is 2.26. The summed E-state index contributed by atoms with van der Waals surface area (Å²) >= 11 is 0. The number of carbonyl (C=O) groups is 1. The van der Waals surface area contributed by atoms with Gasteiger partial charge in [-0.25, -0.2) is 9.18 Å². The van der Waals surface area contributed by atoms with Crippen molar-refractivity contribution in [1.82, 2.24) is 4.90 Å². The first-order valence-electron chi connectivity index (χ1n) is 6.77. The molecule has 2 N–H and O–H groups in total. The number of nitrogens with zero attached hydrogens (tertiary/aromatic N) is 1. The van der Waals surface area contributed by atoms with Crippen LogP contribution in [0.25, 0.3) is 0 Å². The number of fused-ring (bicyclic) bond motifs is 1. The molecular weight excluding hydrogens is 263 g/mol. The molecule has 1 fully saturated rings. The molecule has 1 amide bonds. The van der Waals surface area contributed by atoms with Crippen LogP contribution in [0.3, 0.4) is 0 Å². The Balaban J connectivity index is 1.90. The first-order chi connectivity index (χ1) is 9.65. The van der Waals surface area contributed by atoms with Crippen molar-refractivity contribution in [2.75, 3.05) is 25.1 Å². The highest BCUT2D eigenvalue weighted by atomic mass is 19.1. The van der Waals surface area contributed by atoms with Gasteiger partial charge in [0.15, 0.2) is 0 Å². The molecule has 1 unspecified atom stereocenters. The van der Waals surface area contributed by atoms with E-state index in [1.165, 1.54) is 11.0 Å². The van der Waals surface area contributed by atoms with E-state index in [4.69, 9.17) is 9.84 Å². The van der Waals surface area contributed by atoms with E-state index in [9.17, 15) is 9.18 Å². The molecule has 1 aromatic rings. The monoisotopic (exact) mass is 280 g/mol. The SMILES string of the molecule is O=C(O)N1CCc2ccc(F)c(NC3CCOC3)c2C1. The molecule has 1 saturated heterocycles. The van der Waals surface area contributed by atoms with E-state index in [1.54, 1.807) is 6.07 Å². The third-order valence-electron chi connectivity index (χ3n) is 3.91. The molecule has 5 nitrogen and oxygen atoms in total. The summed E-state index contributed by atoms with van der Waals surface area (Å²) in [5.41, 5.74) is 2.21. The largest absolute Gasteiger partial charge is 0.465 e. The van der Waals surface area contributed by atoms with E-state index in [1.807, 2.05) is 0 Å². The molecule has 2 aliphatic rings. The van der Waals surface area contributed by atoms with Crippen molar-refractivity contribution in [3.05, 3.63) is 29.1 Å². The zero-order valence-corrected chi connectivity index (χ0v) is 11.1. The molecule has 2 heterocycles. The van der Waals surface area contributed by atoms with E-state index in [0.717, 1.165) is 17.5 Å². The van der Waals surface area contributed by atoms with Crippen molar-refractivity contribution in [3.8, 4) is 0 Å². The Bertz CT molecular complexity index is 529. The van der Waals surface area contributed by atoms with Crippen LogP contribution in [0.2, 0.25) is 0 Å². The fraction of sp³-hybridized carbons (Fsp3) is 0.500. The van der Waals surface area contributed by atoms with Crippen LogP contribution >= 0.6 is 0 Å². The van der Waals surface area contributed by atoms with Crippen molar-refractivity contribution >= 4 is 11.8 Å². The van der Waals surface area contributed by atoms with Crippen LogP contribution in [0.5, 0.6) is 0 Å². The van der Waals surface area contributed by atoms with Gasteiger partial charge in [0.25, 0.3) is 0 Å². The van der Waals surface area contributed by atoms with E-state index in [2.05, 4.69) is 5.32 Å². The lowest BCUT2D eigenvalue weighted by Crippen LogP contribution is -2.35. The Labute approximate surface area is 116 Å². The number of amides is 1. The summed E-state index contributed by atoms with van der Waals surface area (Å²) in [6.07, 6.45) is 0.499. The molecule has 108 valence electrons. The Morgan fingerprint density at radius 2 is 2.35 bits per heavy atom.